The van der Waals surface area contributed by atoms with E-state index in [0.29, 0.717) is 0 Å². The van der Waals surface area contributed by atoms with Crippen LogP contribution in [0.5, 0.6) is 0 Å². The molecule has 1 aromatic carbocycles. The Bertz CT molecular complexity index is 636. The molecule has 1 atom stereocenters. The highest BCUT2D eigenvalue weighted by Gasteiger charge is 2.13. The van der Waals surface area contributed by atoms with Crippen molar-refractivity contribution in [3.63, 3.8) is 0 Å². The number of rotatable bonds is 6. The molecule has 2 rings (SSSR count). The van der Waals surface area contributed by atoms with E-state index < -0.39 is 6.09 Å². The van der Waals surface area contributed by atoms with Crippen molar-refractivity contribution >= 4 is 28.8 Å². The molecule has 23 heavy (non-hydrogen) atoms. The molecule has 4 nitrogen and oxygen atoms in total. The van der Waals surface area contributed by atoms with E-state index in [1.165, 1.54) is 0 Å². The Hall–Kier alpha value is -2.01. The van der Waals surface area contributed by atoms with Crippen molar-refractivity contribution < 1.29 is 9.53 Å². The number of ether oxygens (including phenoxy) is 1. The highest BCUT2D eigenvalue weighted by molar-refractivity contribution is 7.07. The minimum Gasteiger partial charge on any atom is -0.441 e. The van der Waals surface area contributed by atoms with Crippen LogP contribution in [0.1, 0.15) is 38.0 Å². The summed E-state index contributed by atoms with van der Waals surface area (Å²) < 4.78 is 5.42. The van der Waals surface area contributed by atoms with Crippen LogP contribution in [-0.2, 0) is 4.74 Å². The maximum Gasteiger partial charge on any atom is 0.412 e. The number of thiophene rings is 1. The predicted octanol–water partition coefficient (Wildman–Crippen LogP) is 5.21. The SMILES string of the molecule is CCN(CC)c1ccc(NC(=O)OC(C)c2ccsc2)c(C)c1. The molecule has 5 heteroatoms. The van der Waals surface area contributed by atoms with E-state index in [9.17, 15) is 4.79 Å². The topological polar surface area (TPSA) is 41.6 Å². The maximum atomic E-state index is 12.1. The molecule has 0 saturated heterocycles. The molecule has 0 aliphatic carbocycles. The normalized spacial score (nSPS) is 11.8. The van der Waals surface area contributed by atoms with E-state index in [4.69, 9.17) is 4.74 Å². The second-order valence-corrected chi connectivity index (χ2v) is 6.18. The lowest BCUT2D eigenvalue weighted by atomic mass is 10.1. The molecule has 1 aromatic heterocycles. The number of carbonyl (C=O) groups excluding carboxylic acids is 1. The molecular weight excluding hydrogens is 308 g/mol. The molecule has 1 amide bonds. The van der Waals surface area contributed by atoms with Gasteiger partial charge in [-0.05, 0) is 68.3 Å². The Morgan fingerprint density at radius 1 is 1.30 bits per heavy atom. The number of nitrogens with zero attached hydrogens (tertiary/aromatic N) is 1. The van der Waals surface area contributed by atoms with E-state index in [2.05, 4.69) is 30.1 Å². The van der Waals surface area contributed by atoms with Crippen molar-refractivity contribution in [2.45, 2.75) is 33.8 Å². The number of benzene rings is 1. The molecule has 0 saturated carbocycles. The average molecular weight is 332 g/mol. The van der Waals surface area contributed by atoms with Crippen LogP contribution in [0.15, 0.2) is 35.0 Å². The Labute approximate surface area is 142 Å². The van der Waals surface area contributed by atoms with Crippen LogP contribution >= 0.6 is 11.3 Å². The van der Waals surface area contributed by atoms with Gasteiger partial charge in [0.25, 0.3) is 0 Å². The van der Waals surface area contributed by atoms with Gasteiger partial charge in [-0.1, -0.05) is 0 Å². The third kappa shape index (κ3) is 4.48. The van der Waals surface area contributed by atoms with E-state index in [0.717, 1.165) is 35.6 Å². The van der Waals surface area contributed by atoms with Crippen molar-refractivity contribution in [2.24, 2.45) is 0 Å². The van der Waals surface area contributed by atoms with Gasteiger partial charge in [0.15, 0.2) is 0 Å². The van der Waals surface area contributed by atoms with Gasteiger partial charge in [-0.15, -0.1) is 0 Å². The Kier molecular flexibility index (Phi) is 6.04. The molecule has 124 valence electrons. The average Bonchev–Trinajstić information content (AvgIpc) is 3.05. The smallest absolute Gasteiger partial charge is 0.412 e. The first kappa shape index (κ1) is 17.3. The summed E-state index contributed by atoms with van der Waals surface area (Å²) in [6.07, 6.45) is -0.682. The molecule has 0 fully saturated rings. The lowest BCUT2D eigenvalue weighted by Crippen LogP contribution is -2.22. The van der Waals surface area contributed by atoms with E-state index in [1.54, 1.807) is 11.3 Å². The summed E-state index contributed by atoms with van der Waals surface area (Å²) in [6, 6.07) is 8.01. The van der Waals surface area contributed by atoms with Crippen LogP contribution in [0.3, 0.4) is 0 Å². The lowest BCUT2D eigenvalue weighted by molar-refractivity contribution is 0.121. The monoisotopic (exact) mass is 332 g/mol. The summed E-state index contributed by atoms with van der Waals surface area (Å²) >= 11 is 1.59. The summed E-state index contributed by atoms with van der Waals surface area (Å²) in [6.45, 7) is 10.1. The minimum atomic E-state index is -0.428. The highest BCUT2D eigenvalue weighted by Crippen LogP contribution is 2.24. The van der Waals surface area contributed by atoms with Crippen molar-refractivity contribution in [3.05, 3.63) is 46.2 Å². The molecule has 1 unspecified atom stereocenters. The van der Waals surface area contributed by atoms with E-state index in [-0.39, 0.29) is 6.10 Å². The number of amides is 1. The zero-order chi connectivity index (χ0) is 16.8. The Morgan fingerprint density at radius 3 is 2.61 bits per heavy atom. The van der Waals surface area contributed by atoms with E-state index in [1.807, 2.05) is 42.8 Å². The second-order valence-electron chi connectivity index (χ2n) is 5.40. The standard InChI is InChI=1S/C18H24N2O2S/c1-5-20(6-2)16-7-8-17(13(3)11-16)19-18(21)22-14(4)15-9-10-23-12-15/h7-12,14H,5-6H2,1-4H3,(H,19,21). The first-order valence-corrected chi connectivity index (χ1v) is 8.84. The zero-order valence-electron chi connectivity index (χ0n) is 14.1. The fourth-order valence-electron chi connectivity index (χ4n) is 2.45. The predicted molar refractivity (Wildman–Crippen MR) is 97.6 cm³/mol. The van der Waals surface area contributed by atoms with Crippen LogP contribution in [0, 0.1) is 6.92 Å². The molecule has 0 aliphatic heterocycles. The summed E-state index contributed by atoms with van der Waals surface area (Å²) in [7, 11) is 0. The summed E-state index contributed by atoms with van der Waals surface area (Å²) in [5.41, 5.74) is 3.98. The number of hydrogen-bond acceptors (Lipinski definition) is 4. The first-order valence-electron chi connectivity index (χ1n) is 7.90. The largest absolute Gasteiger partial charge is 0.441 e. The van der Waals surface area contributed by atoms with Crippen molar-refractivity contribution in [2.75, 3.05) is 23.3 Å². The Morgan fingerprint density at radius 2 is 2.04 bits per heavy atom. The molecule has 0 radical (unpaired) electrons. The van der Waals surface area contributed by atoms with Crippen LogP contribution in [-0.4, -0.2) is 19.2 Å². The number of carbonyl (C=O) groups is 1. The maximum absolute atomic E-state index is 12.1. The number of hydrogen-bond donors (Lipinski definition) is 1. The van der Waals surface area contributed by atoms with Crippen molar-refractivity contribution in [1.29, 1.82) is 0 Å². The second kappa shape index (κ2) is 8.02. The first-order chi connectivity index (χ1) is 11.0. The van der Waals surface area contributed by atoms with Crippen LogP contribution in [0.25, 0.3) is 0 Å². The lowest BCUT2D eigenvalue weighted by Gasteiger charge is -2.22. The molecular formula is C18H24N2O2S. The third-order valence-electron chi connectivity index (χ3n) is 3.87. The van der Waals surface area contributed by atoms with Crippen molar-refractivity contribution in [3.8, 4) is 0 Å². The summed E-state index contributed by atoms with van der Waals surface area (Å²) in [5.74, 6) is 0. The van der Waals surface area contributed by atoms with Gasteiger partial charge in [0, 0.05) is 30.0 Å². The van der Waals surface area contributed by atoms with Gasteiger partial charge in [-0.3, -0.25) is 5.32 Å². The van der Waals surface area contributed by atoms with E-state index >= 15 is 0 Å². The number of nitrogens with one attached hydrogen (secondary N) is 1. The quantitative estimate of drug-likeness (QED) is 0.789. The van der Waals surface area contributed by atoms with Crippen molar-refractivity contribution in [1.82, 2.24) is 0 Å². The molecule has 1 heterocycles. The van der Waals surface area contributed by atoms with Gasteiger partial charge in [0.2, 0.25) is 0 Å². The molecule has 1 N–H and O–H groups in total. The van der Waals surface area contributed by atoms with Gasteiger partial charge in [-0.2, -0.15) is 11.3 Å². The van der Waals surface area contributed by atoms with Crippen LogP contribution in [0.2, 0.25) is 0 Å². The van der Waals surface area contributed by atoms with Gasteiger partial charge in [0.05, 0.1) is 0 Å². The fourth-order valence-corrected chi connectivity index (χ4v) is 3.19. The van der Waals surface area contributed by atoms with Gasteiger partial charge in [0.1, 0.15) is 6.10 Å². The molecule has 0 aliphatic rings. The van der Waals surface area contributed by atoms with Gasteiger partial charge < -0.3 is 9.64 Å². The van der Waals surface area contributed by atoms with Crippen LogP contribution < -0.4 is 10.2 Å². The third-order valence-corrected chi connectivity index (χ3v) is 4.57. The van der Waals surface area contributed by atoms with Gasteiger partial charge >= 0.3 is 6.09 Å². The number of anilines is 2. The summed E-state index contributed by atoms with van der Waals surface area (Å²) in [4.78, 5) is 14.3. The number of aryl methyl sites for hydroxylation is 1. The zero-order valence-corrected chi connectivity index (χ0v) is 14.9. The Balaban J connectivity index is 2.01. The van der Waals surface area contributed by atoms with Gasteiger partial charge in [-0.25, -0.2) is 4.79 Å². The van der Waals surface area contributed by atoms with Crippen LogP contribution in [0.4, 0.5) is 16.2 Å². The molecule has 0 spiro atoms. The fraction of sp³-hybridized carbons (Fsp3) is 0.389. The summed E-state index contributed by atoms with van der Waals surface area (Å²) in [5, 5.41) is 6.79. The minimum absolute atomic E-state index is 0.253. The molecule has 2 aromatic rings. The molecule has 0 bridgehead atoms. The highest BCUT2D eigenvalue weighted by atomic mass is 32.1.